The van der Waals surface area contributed by atoms with E-state index in [1.165, 1.54) is 0 Å². The van der Waals surface area contributed by atoms with Gasteiger partial charge in [0.25, 0.3) is 0 Å². The van der Waals surface area contributed by atoms with Gasteiger partial charge in [-0.2, -0.15) is 0 Å². The molecule has 92 valence electrons. The van der Waals surface area contributed by atoms with Crippen molar-refractivity contribution in [3.63, 3.8) is 0 Å². The Labute approximate surface area is 99.2 Å². The van der Waals surface area contributed by atoms with Gasteiger partial charge in [-0.15, -0.1) is 12.4 Å². The van der Waals surface area contributed by atoms with Crippen molar-refractivity contribution in [1.29, 1.82) is 0 Å². The molecule has 0 unspecified atom stereocenters. The second-order valence-electron chi connectivity index (χ2n) is 4.47. The summed E-state index contributed by atoms with van der Waals surface area (Å²) in [5.74, 6) is 0.716. The van der Waals surface area contributed by atoms with Crippen LogP contribution in [0.5, 0.6) is 0 Å². The van der Waals surface area contributed by atoms with E-state index in [2.05, 4.69) is 13.8 Å². The van der Waals surface area contributed by atoms with E-state index in [1.807, 2.05) is 13.8 Å². The molecule has 0 aliphatic rings. The Morgan fingerprint density at radius 1 is 1.27 bits per heavy atom. The molecule has 0 spiro atoms. The van der Waals surface area contributed by atoms with E-state index in [0.717, 1.165) is 6.42 Å². The highest BCUT2D eigenvalue weighted by molar-refractivity contribution is 5.85. The molecule has 0 fully saturated rings. The first-order valence-electron chi connectivity index (χ1n) is 5.35. The van der Waals surface area contributed by atoms with Gasteiger partial charge in [0.2, 0.25) is 0 Å². The third-order valence-electron chi connectivity index (χ3n) is 1.96. The summed E-state index contributed by atoms with van der Waals surface area (Å²) < 4.78 is 5.07. The summed E-state index contributed by atoms with van der Waals surface area (Å²) in [6, 6.07) is 0. The lowest BCUT2D eigenvalue weighted by Crippen LogP contribution is -2.22. The molecule has 0 aromatic carbocycles. The van der Waals surface area contributed by atoms with Crippen molar-refractivity contribution in [2.45, 2.75) is 46.6 Å². The van der Waals surface area contributed by atoms with Crippen LogP contribution in [0.1, 0.15) is 40.5 Å². The molecule has 0 saturated heterocycles. The van der Waals surface area contributed by atoms with Crippen LogP contribution in [0.4, 0.5) is 0 Å². The van der Waals surface area contributed by atoms with Gasteiger partial charge in [0.05, 0.1) is 6.10 Å². The van der Waals surface area contributed by atoms with Crippen LogP contribution in [0.3, 0.4) is 0 Å². The molecule has 1 atom stereocenters. The molecule has 15 heavy (non-hydrogen) atoms. The van der Waals surface area contributed by atoms with Crippen LogP contribution in [0.15, 0.2) is 0 Å². The van der Waals surface area contributed by atoms with Crippen LogP contribution in [-0.4, -0.2) is 18.6 Å². The van der Waals surface area contributed by atoms with Crippen LogP contribution in [0.25, 0.3) is 0 Å². The van der Waals surface area contributed by atoms with E-state index >= 15 is 0 Å². The monoisotopic (exact) mass is 237 g/mol. The van der Waals surface area contributed by atoms with Gasteiger partial charge in [-0.05, 0) is 38.6 Å². The predicted molar refractivity (Wildman–Crippen MR) is 65.1 cm³/mol. The zero-order valence-corrected chi connectivity index (χ0v) is 11.0. The van der Waals surface area contributed by atoms with Crippen molar-refractivity contribution in [2.75, 3.05) is 6.54 Å². The number of carbonyl (C=O) groups is 1. The van der Waals surface area contributed by atoms with Crippen LogP contribution in [0.2, 0.25) is 0 Å². The fraction of sp³-hybridized carbons (Fsp3) is 0.909. The molecule has 0 saturated carbocycles. The summed E-state index contributed by atoms with van der Waals surface area (Å²) in [5, 5.41) is 0. The van der Waals surface area contributed by atoms with Gasteiger partial charge < -0.3 is 10.5 Å². The van der Waals surface area contributed by atoms with Crippen molar-refractivity contribution >= 4 is 18.4 Å². The quantitative estimate of drug-likeness (QED) is 0.722. The summed E-state index contributed by atoms with van der Waals surface area (Å²) in [7, 11) is 0. The molecule has 0 aliphatic carbocycles. The number of esters is 1. The summed E-state index contributed by atoms with van der Waals surface area (Å²) in [6.07, 6.45) is 1.41. The van der Waals surface area contributed by atoms with Gasteiger partial charge in [0, 0.05) is 6.42 Å². The van der Waals surface area contributed by atoms with Crippen molar-refractivity contribution in [2.24, 2.45) is 17.6 Å². The molecule has 0 heterocycles. The largest absolute Gasteiger partial charge is 0.463 e. The van der Waals surface area contributed by atoms with E-state index < -0.39 is 0 Å². The maximum Gasteiger partial charge on any atom is 0.306 e. The molecule has 0 amide bonds. The Kier molecular flexibility index (Phi) is 10.3. The van der Waals surface area contributed by atoms with Crippen LogP contribution in [0, 0.1) is 11.8 Å². The molecule has 0 rings (SSSR count). The van der Waals surface area contributed by atoms with Gasteiger partial charge in [0.15, 0.2) is 0 Å². The molecule has 0 aromatic heterocycles. The summed E-state index contributed by atoms with van der Waals surface area (Å²) >= 11 is 0. The Bertz CT molecular complexity index is 172. The molecule has 0 radical (unpaired) electrons. The zero-order chi connectivity index (χ0) is 11.1. The van der Waals surface area contributed by atoms with E-state index in [0.29, 0.717) is 18.9 Å². The third kappa shape index (κ3) is 10.0. The maximum absolute atomic E-state index is 11.3. The fourth-order valence-electron chi connectivity index (χ4n) is 1.48. The first-order chi connectivity index (χ1) is 6.45. The van der Waals surface area contributed by atoms with Crippen molar-refractivity contribution < 1.29 is 9.53 Å². The Morgan fingerprint density at radius 2 is 1.80 bits per heavy atom. The first kappa shape index (κ1) is 17.1. The minimum Gasteiger partial charge on any atom is -0.463 e. The van der Waals surface area contributed by atoms with Gasteiger partial charge in [-0.25, -0.2) is 0 Å². The Balaban J connectivity index is 0. The second kappa shape index (κ2) is 8.98. The lowest BCUT2D eigenvalue weighted by molar-refractivity contribution is -0.148. The molecular weight excluding hydrogens is 214 g/mol. The number of rotatable bonds is 6. The summed E-state index contributed by atoms with van der Waals surface area (Å²) in [5.41, 5.74) is 5.59. The standard InChI is InChI=1S/C11H23NO2.ClH/c1-8(2)5-10(7-12)6-11(13)14-9(3)4;/h8-10H,5-7,12H2,1-4H3;1H/t10-;/m0./s1. The van der Waals surface area contributed by atoms with E-state index in [9.17, 15) is 4.79 Å². The lowest BCUT2D eigenvalue weighted by Gasteiger charge is -2.17. The normalized spacial score (nSPS) is 12.5. The first-order valence-corrected chi connectivity index (χ1v) is 5.35. The Morgan fingerprint density at radius 3 is 2.13 bits per heavy atom. The molecule has 4 heteroatoms. The van der Waals surface area contributed by atoms with Gasteiger partial charge in [-0.1, -0.05) is 13.8 Å². The molecule has 2 N–H and O–H groups in total. The fourth-order valence-corrected chi connectivity index (χ4v) is 1.48. The summed E-state index contributed by atoms with van der Waals surface area (Å²) in [4.78, 5) is 11.3. The van der Waals surface area contributed by atoms with Crippen molar-refractivity contribution in [3.8, 4) is 0 Å². The SMILES string of the molecule is CC(C)C[C@H](CN)CC(=O)OC(C)C.Cl. The van der Waals surface area contributed by atoms with Crippen LogP contribution < -0.4 is 5.73 Å². The molecule has 0 aliphatic heterocycles. The lowest BCUT2D eigenvalue weighted by atomic mass is 9.94. The van der Waals surface area contributed by atoms with Crippen LogP contribution in [-0.2, 0) is 9.53 Å². The number of ether oxygens (including phenoxy) is 1. The average Bonchev–Trinajstić information content (AvgIpc) is 2.00. The molecular formula is C11H24ClNO2. The van der Waals surface area contributed by atoms with E-state index in [-0.39, 0.29) is 30.4 Å². The number of hydrogen-bond acceptors (Lipinski definition) is 3. The smallest absolute Gasteiger partial charge is 0.306 e. The van der Waals surface area contributed by atoms with Gasteiger partial charge >= 0.3 is 5.97 Å². The minimum absolute atomic E-state index is 0. The number of nitrogens with two attached hydrogens (primary N) is 1. The topological polar surface area (TPSA) is 52.3 Å². The maximum atomic E-state index is 11.3. The second-order valence-corrected chi connectivity index (χ2v) is 4.47. The highest BCUT2D eigenvalue weighted by Crippen LogP contribution is 2.15. The molecule has 3 nitrogen and oxygen atoms in total. The van der Waals surface area contributed by atoms with Crippen molar-refractivity contribution in [1.82, 2.24) is 0 Å². The molecule has 0 aromatic rings. The van der Waals surface area contributed by atoms with Gasteiger partial charge in [-0.3, -0.25) is 4.79 Å². The highest BCUT2D eigenvalue weighted by atomic mass is 35.5. The molecule has 0 bridgehead atoms. The number of carbonyl (C=O) groups excluding carboxylic acids is 1. The third-order valence-corrected chi connectivity index (χ3v) is 1.96. The summed E-state index contributed by atoms with van der Waals surface area (Å²) in [6.45, 7) is 8.55. The zero-order valence-electron chi connectivity index (χ0n) is 10.2. The predicted octanol–water partition coefficient (Wildman–Crippen LogP) is 2.37. The average molecular weight is 238 g/mol. The number of halogens is 1. The van der Waals surface area contributed by atoms with Crippen molar-refractivity contribution in [3.05, 3.63) is 0 Å². The number of hydrogen-bond donors (Lipinski definition) is 1. The van der Waals surface area contributed by atoms with Crippen LogP contribution >= 0.6 is 12.4 Å². The van der Waals surface area contributed by atoms with Gasteiger partial charge in [0.1, 0.15) is 0 Å². The Hall–Kier alpha value is -0.280. The minimum atomic E-state index is -0.129. The highest BCUT2D eigenvalue weighted by Gasteiger charge is 2.15. The van der Waals surface area contributed by atoms with E-state index in [4.69, 9.17) is 10.5 Å². The van der Waals surface area contributed by atoms with E-state index in [1.54, 1.807) is 0 Å².